The molecule has 0 atom stereocenters. The molecule has 0 saturated heterocycles. The molecule has 0 heterocycles. The lowest BCUT2D eigenvalue weighted by atomic mass is 9.69. The Morgan fingerprint density at radius 2 is 1.55 bits per heavy atom. The lowest BCUT2D eigenvalue weighted by Crippen LogP contribution is -2.25. The molecule has 112 valence electrons. The van der Waals surface area contributed by atoms with Crippen molar-refractivity contribution in [3.8, 4) is 6.07 Å². The smallest absolute Gasteiger partial charge is 0.0827 e. The zero-order valence-corrected chi connectivity index (χ0v) is 12.6. The number of hydrogen-bond acceptors (Lipinski definition) is 1. The van der Waals surface area contributed by atoms with Crippen LogP contribution in [0.15, 0.2) is 12.4 Å². The van der Waals surface area contributed by atoms with Crippen LogP contribution >= 0.6 is 0 Å². The van der Waals surface area contributed by atoms with Crippen LogP contribution in [0.1, 0.15) is 70.6 Å². The normalized spacial score (nSPS) is 35.0. The van der Waals surface area contributed by atoms with Gasteiger partial charge in [-0.1, -0.05) is 25.3 Å². The van der Waals surface area contributed by atoms with Gasteiger partial charge in [0.2, 0.25) is 0 Å². The van der Waals surface area contributed by atoms with Gasteiger partial charge in [-0.25, -0.2) is 4.39 Å². The number of rotatable bonds is 5. The van der Waals surface area contributed by atoms with Gasteiger partial charge in [-0.05, 0) is 69.1 Å². The first-order valence-corrected chi connectivity index (χ1v) is 8.48. The number of nitrogens with zero attached hydrogens (tertiary/aromatic N) is 1. The Balaban J connectivity index is 1.63. The minimum Gasteiger partial charge on any atom is -0.216 e. The molecule has 2 aliphatic carbocycles. The summed E-state index contributed by atoms with van der Waals surface area (Å²) in [7, 11) is 0. The molecule has 0 bridgehead atoms. The van der Waals surface area contributed by atoms with Crippen molar-refractivity contribution in [1.29, 1.82) is 5.26 Å². The largest absolute Gasteiger partial charge is 0.216 e. The fraction of sp³-hybridized carbons (Fsp3) is 0.833. The molecule has 2 fully saturated rings. The summed E-state index contributed by atoms with van der Waals surface area (Å²) in [4.78, 5) is 0. The van der Waals surface area contributed by atoms with Gasteiger partial charge in [0.25, 0.3) is 0 Å². The van der Waals surface area contributed by atoms with Gasteiger partial charge in [0.1, 0.15) is 0 Å². The van der Waals surface area contributed by atoms with E-state index in [0.717, 1.165) is 43.4 Å². The minimum atomic E-state index is 0.339. The van der Waals surface area contributed by atoms with Crippen molar-refractivity contribution < 1.29 is 4.39 Å². The summed E-state index contributed by atoms with van der Waals surface area (Å²) >= 11 is 0. The van der Waals surface area contributed by atoms with Crippen LogP contribution in [0.2, 0.25) is 0 Å². The molecule has 0 aromatic rings. The summed E-state index contributed by atoms with van der Waals surface area (Å²) in [6.07, 6.45) is 16.0. The van der Waals surface area contributed by atoms with E-state index in [2.05, 4.69) is 6.07 Å². The molecule has 1 nitrogen and oxygen atoms in total. The zero-order chi connectivity index (χ0) is 14.2. The zero-order valence-electron chi connectivity index (χ0n) is 12.6. The SMILES string of the molecule is N#CC1CCC(C2CCC(CCC/C=C/F)CC2)CC1. The van der Waals surface area contributed by atoms with Gasteiger partial charge in [-0.2, -0.15) is 5.26 Å². The summed E-state index contributed by atoms with van der Waals surface area (Å²) in [6.45, 7) is 0. The van der Waals surface area contributed by atoms with Crippen LogP contribution in [0, 0.1) is 35.0 Å². The van der Waals surface area contributed by atoms with Crippen LogP contribution in [-0.2, 0) is 0 Å². The van der Waals surface area contributed by atoms with Crippen LogP contribution in [0.3, 0.4) is 0 Å². The maximum atomic E-state index is 11.9. The van der Waals surface area contributed by atoms with Gasteiger partial charge in [0, 0.05) is 5.92 Å². The summed E-state index contributed by atoms with van der Waals surface area (Å²) < 4.78 is 11.9. The molecule has 2 heteroatoms. The van der Waals surface area contributed by atoms with E-state index in [9.17, 15) is 4.39 Å². The van der Waals surface area contributed by atoms with Crippen LogP contribution in [0.4, 0.5) is 4.39 Å². The molecule has 2 saturated carbocycles. The van der Waals surface area contributed by atoms with E-state index in [4.69, 9.17) is 5.26 Å². The number of unbranched alkanes of at least 4 members (excludes halogenated alkanes) is 1. The molecule has 0 amide bonds. The summed E-state index contributed by atoms with van der Waals surface area (Å²) in [5.41, 5.74) is 0. The Hall–Kier alpha value is -0.840. The maximum Gasteiger partial charge on any atom is 0.0827 e. The Bertz CT molecular complexity index is 328. The lowest BCUT2D eigenvalue weighted by Gasteiger charge is -2.36. The second kappa shape index (κ2) is 8.45. The van der Waals surface area contributed by atoms with E-state index in [-0.39, 0.29) is 0 Å². The van der Waals surface area contributed by atoms with E-state index < -0.39 is 0 Å². The third kappa shape index (κ3) is 4.62. The van der Waals surface area contributed by atoms with Crippen molar-refractivity contribution in [2.75, 3.05) is 0 Å². The average molecular weight is 277 g/mol. The number of allylic oxidation sites excluding steroid dienone is 1. The molecule has 0 aromatic carbocycles. The van der Waals surface area contributed by atoms with Crippen molar-refractivity contribution >= 4 is 0 Å². The maximum absolute atomic E-state index is 11.9. The summed E-state index contributed by atoms with van der Waals surface area (Å²) in [5, 5.41) is 8.96. The molecule has 20 heavy (non-hydrogen) atoms. The summed E-state index contributed by atoms with van der Waals surface area (Å²) in [6, 6.07) is 2.44. The average Bonchev–Trinajstić information content (AvgIpc) is 2.52. The third-order valence-corrected chi connectivity index (χ3v) is 5.58. The molecule has 0 aromatic heterocycles. The van der Waals surface area contributed by atoms with Crippen LogP contribution in [-0.4, -0.2) is 0 Å². The van der Waals surface area contributed by atoms with E-state index >= 15 is 0 Å². The summed E-state index contributed by atoms with van der Waals surface area (Å²) in [5.74, 6) is 3.05. The predicted octanol–water partition coefficient (Wildman–Crippen LogP) is 5.78. The highest BCUT2D eigenvalue weighted by Crippen LogP contribution is 2.42. The van der Waals surface area contributed by atoms with Crippen LogP contribution in [0.25, 0.3) is 0 Å². The van der Waals surface area contributed by atoms with Crippen molar-refractivity contribution in [2.24, 2.45) is 23.7 Å². The molecule has 0 unspecified atom stereocenters. The molecular formula is C18H28FN. The molecule has 2 rings (SSSR count). The van der Waals surface area contributed by atoms with Gasteiger partial charge >= 0.3 is 0 Å². The second-order valence-electron chi connectivity index (χ2n) is 6.81. The quantitative estimate of drug-likeness (QED) is 0.585. The van der Waals surface area contributed by atoms with Crippen LogP contribution in [0.5, 0.6) is 0 Å². The van der Waals surface area contributed by atoms with Gasteiger partial charge in [0.05, 0.1) is 12.4 Å². The van der Waals surface area contributed by atoms with Crippen molar-refractivity contribution in [2.45, 2.75) is 70.6 Å². The Labute approximate surface area is 123 Å². The first-order chi connectivity index (χ1) is 9.83. The highest BCUT2D eigenvalue weighted by Gasteiger charge is 2.30. The standard InChI is InChI=1S/C18H28FN/c19-13-3-1-2-4-15-5-9-17(10-6-15)18-11-7-16(14-20)8-12-18/h3,13,15-18H,1-2,4-12H2/b13-3+. The number of nitriles is 1. The van der Waals surface area contributed by atoms with Crippen LogP contribution < -0.4 is 0 Å². The third-order valence-electron chi connectivity index (χ3n) is 5.58. The molecular weight excluding hydrogens is 249 g/mol. The second-order valence-corrected chi connectivity index (χ2v) is 6.81. The Morgan fingerprint density at radius 3 is 2.10 bits per heavy atom. The van der Waals surface area contributed by atoms with Gasteiger partial charge in [0.15, 0.2) is 0 Å². The molecule has 0 N–H and O–H groups in total. The van der Waals surface area contributed by atoms with Gasteiger partial charge < -0.3 is 0 Å². The van der Waals surface area contributed by atoms with E-state index in [1.165, 1.54) is 44.9 Å². The molecule has 0 aliphatic heterocycles. The van der Waals surface area contributed by atoms with E-state index in [1.807, 2.05) is 0 Å². The van der Waals surface area contributed by atoms with Crippen molar-refractivity contribution in [1.82, 2.24) is 0 Å². The van der Waals surface area contributed by atoms with Crippen molar-refractivity contribution in [3.63, 3.8) is 0 Å². The highest BCUT2D eigenvalue weighted by atomic mass is 19.1. The fourth-order valence-electron chi connectivity index (χ4n) is 4.26. The topological polar surface area (TPSA) is 23.8 Å². The van der Waals surface area contributed by atoms with E-state index in [0.29, 0.717) is 12.2 Å². The first-order valence-electron chi connectivity index (χ1n) is 8.48. The molecule has 0 radical (unpaired) electrons. The number of halogens is 1. The highest BCUT2D eigenvalue weighted by molar-refractivity contribution is 4.89. The van der Waals surface area contributed by atoms with Crippen molar-refractivity contribution in [3.05, 3.63) is 12.4 Å². The van der Waals surface area contributed by atoms with Gasteiger partial charge in [-0.15, -0.1) is 0 Å². The first kappa shape index (κ1) is 15.5. The van der Waals surface area contributed by atoms with Gasteiger partial charge in [-0.3, -0.25) is 0 Å². The fourth-order valence-corrected chi connectivity index (χ4v) is 4.26. The monoisotopic (exact) mass is 277 g/mol. The number of hydrogen-bond donors (Lipinski definition) is 0. The van der Waals surface area contributed by atoms with E-state index in [1.54, 1.807) is 6.08 Å². The Kier molecular flexibility index (Phi) is 6.57. The Morgan fingerprint density at radius 1 is 0.950 bits per heavy atom. The minimum absolute atomic E-state index is 0.339. The molecule has 0 spiro atoms. The molecule has 2 aliphatic rings. The predicted molar refractivity (Wildman–Crippen MR) is 80.6 cm³/mol. The lowest BCUT2D eigenvalue weighted by molar-refractivity contribution is 0.153.